The third-order valence-electron chi connectivity index (χ3n) is 4.27. The summed E-state index contributed by atoms with van der Waals surface area (Å²) < 4.78 is 5.42. The standard InChI is InChI=1S/C17H27N3O2/c1-4-14(2)18-13-17(21)20-11-9-19(10-12-20)15-7-5-6-8-16(15)22-3/h5-8,14,18H,4,9-13H2,1-3H3. The first-order valence-corrected chi connectivity index (χ1v) is 8.04. The minimum Gasteiger partial charge on any atom is -0.495 e. The predicted molar refractivity (Wildman–Crippen MR) is 89.5 cm³/mol. The van der Waals surface area contributed by atoms with Gasteiger partial charge < -0.3 is 19.9 Å². The summed E-state index contributed by atoms with van der Waals surface area (Å²) in [7, 11) is 1.69. The normalized spacial score (nSPS) is 16.5. The van der Waals surface area contributed by atoms with E-state index in [1.807, 2.05) is 23.1 Å². The highest BCUT2D eigenvalue weighted by Gasteiger charge is 2.22. The number of carbonyl (C=O) groups is 1. The third kappa shape index (κ3) is 4.13. The van der Waals surface area contributed by atoms with Crippen LogP contribution in [0.4, 0.5) is 5.69 Å². The van der Waals surface area contributed by atoms with Gasteiger partial charge in [-0.15, -0.1) is 0 Å². The topological polar surface area (TPSA) is 44.8 Å². The minimum atomic E-state index is 0.194. The van der Waals surface area contributed by atoms with Gasteiger partial charge in [0.25, 0.3) is 0 Å². The molecule has 0 bridgehead atoms. The van der Waals surface area contributed by atoms with Crippen molar-refractivity contribution in [3.05, 3.63) is 24.3 Å². The van der Waals surface area contributed by atoms with Crippen LogP contribution in [0, 0.1) is 0 Å². The van der Waals surface area contributed by atoms with Crippen molar-refractivity contribution in [3.8, 4) is 5.75 Å². The largest absolute Gasteiger partial charge is 0.495 e. The van der Waals surface area contributed by atoms with Gasteiger partial charge in [-0.3, -0.25) is 4.79 Å². The highest BCUT2D eigenvalue weighted by molar-refractivity contribution is 5.78. The lowest BCUT2D eigenvalue weighted by molar-refractivity contribution is -0.130. The average Bonchev–Trinajstić information content (AvgIpc) is 2.59. The van der Waals surface area contributed by atoms with Crippen molar-refractivity contribution in [1.29, 1.82) is 0 Å². The smallest absolute Gasteiger partial charge is 0.236 e. The summed E-state index contributed by atoms with van der Waals surface area (Å²) in [6, 6.07) is 8.43. The van der Waals surface area contributed by atoms with Gasteiger partial charge in [-0.2, -0.15) is 0 Å². The van der Waals surface area contributed by atoms with Crippen LogP contribution < -0.4 is 15.0 Å². The summed E-state index contributed by atoms with van der Waals surface area (Å²) in [5.41, 5.74) is 1.11. The zero-order valence-corrected chi connectivity index (χ0v) is 13.8. The van der Waals surface area contributed by atoms with Gasteiger partial charge >= 0.3 is 0 Å². The number of methoxy groups -OCH3 is 1. The van der Waals surface area contributed by atoms with Crippen LogP contribution in [0.25, 0.3) is 0 Å². The molecule has 22 heavy (non-hydrogen) atoms. The van der Waals surface area contributed by atoms with Crippen molar-refractivity contribution >= 4 is 11.6 Å². The molecule has 1 atom stereocenters. The highest BCUT2D eigenvalue weighted by Crippen LogP contribution is 2.28. The fourth-order valence-corrected chi connectivity index (χ4v) is 2.61. The number of nitrogens with zero attached hydrogens (tertiary/aromatic N) is 2. The van der Waals surface area contributed by atoms with Crippen LogP contribution in [-0.2, 0) is 4.79 Å². The average molecular weight is 305 g/mol. The molecule has 0 saturated carbocycles. The number of benzene rings is 1. The first-order chi connectivity index (χ1) is 10.7. The van der Waals surface area contributed by atoms with Crippen molar-refractivity contribution in [2.24, 2.45) is 0 Å². The Morgan fingerprint density at radius 2 is 1.95 bits per heavy atom. The molecule has 2 rings (SSSR count). The number of carbonyl (C=O) groups excluding carboxylic acids is 1. The summed E-state index contributed by atoms with van der Waals surface area (Å²) in [6.45, 7) is 7.87. The molecule has 122 valence electrons. The molecule has 0 spiro atoms. The molecule has 0 radical (unpaired) electrons. The van der Waals surface area contributed by atoms with Gasteiger partial charge in [-0.25, -0.2) is 0 Å². The van der Waals surface area contributed by atoms with Gasteiger partial charge in [-0.05, 0) is 25.5 Å². The second kappa shape index (κ2) is 8.03. The Balaban J connectivity index is 1.86. The number of para-hydroxylation sites is 2. The summed E-state index contributed by atoms with van der Waals surface area (Å²) in [5, 5.41) is 3.27. The maximum absolute atomic E-state index is 12.2. The number of rotatable bonds is 6. The Kier molecular flexibility index (Phi) is 6.07. The molecule has 1 unspecified atom stereocenters. The van der Waals surface area contributed by atoms with E-state index in [4.69, 9.17) is 4.74 Å². The van der Waals surface area contributed by atoms with Gasteiger partial charge in [0.2, 0.25) is 5.91 Å². The van der Waals surface area contributed by atoms with E-state index in [1.54, 1.807) is 7.11 Å². The zero-order valence-electron chi connectivity index (χ0n) is 13.8. The fourth-order valence-electron chi connectivity index (χ4n) is 2.61. The second-order valence-corrected chi connectivity index (χ2v) is 5.73. The molecular weight excluding hydrogens is 278 g/mol. The molecule has 1 amide bonds. The van der Waals surface area contributed by atoms with Crippen molar-refractivity contribution in [1.82, 2.24) is 10.2 Å². The van der Waals surface area contributed by atoms with E-state index in [0.29, 0.717) is 12.6 Å². The molecule has 1 heterocycles. The Morgan fingerprint density at radius 1 is 1.27 bits per heavy atom. The van der Waals surface area contributed by atoms with Crippen molar-refractivity contribution in [3.63, 3.8) is 0 Å². The molecule has 1 aromatic rings. The quantitative estimate of drug-likeness (QED) is 0.869. The second-order valence-electron chi connectivity index (χ2n) is 5.73. The Morgan fingerprint density at radius 3 is 2.59 bits per heavy atom. The molecule has 1 saturated heterocycles. The molecule has 1 fully saturated rings. The molecule has 1 aliphatic rings. The van der Waals surface area contributed by atoms with Crippen molar-refractivity contribution in [2.45, 2.75) is 26.3 Å². The summed E-state index contributed by atoms with van der Waals surface area (Å²) >= 11 is 0. The van der Waals surface area contributed by atoms with E-state index in [0.717, 1.165) is 44.0 Å². The minimum absolute atomic E-state index is 0.194. The summed E-state index contributed by atoms with van der Waals surface area (Å²) in [4.78, 5) is 16.4. The number of hydrogen-bond acceptors (Lipinski definition) is 4. The SMILES string of the molecule is CCC(C)NCC(=O)N1CCN(c2ccccc2OC)CC1. The number of ether oxygens (including phenoxy) is 1. The predicted octanol–water partition coefficient (Wildman–Crippen LogP) is 1.73. The lowest BCUT2D eigenvalue weighted by Crippen LogP contribution is -2.51. The number of amides is 1. The Hall–Kier alpha value is -1.75. The van der Waals surface area contributed by atoms with E-state index < -0.39 is 0 Å². The molecule has 1 aromatic carbocycles. The maximum atomic E-state index is 12.2. The van der Waals surface area contributed by atoms with Crippen LogP contribution in [-0.4, -0.2) is 56.7 Å². The molecule has 5 heteroatoms. The summed E-state index contributed by atoms with van der Waals surface area (Å²) in [6.07, 6.45) is 1.04. The maximum Gasteiger partial charge on any atom is 0.236 e. The fraction of sp³-hybridized carbons (Fsp3) is 0.588. The number of piperazine rings is 1. The van der Waals surface area contributed by atoms with Crippen LogP contribution in [0.3, 0.4) is 0 Å². The van der Waals surface area contributed by atoms with Gasteiger partial charge in [0, 0.05) is 32.2 Å². The third-order valence-corrected chi connectivity index (χ3v) is 4.27. The molecule has 0 aliphatic carbocycles. The molecule has 1 aliphatic heterocycles. The zero-order chi connectivity index (χ0) is 15.9. The van der Waals surface area contributed by atoms with Crippen LogP contribution in [0.15, 0.2) is 24.3 Å². The van der Waals surface area contributed by atoms with Gasteiger partial charge in [0.15, 0.2) is 0 Å². The van der Waals surface area contributed by atoms with Gasteiger partial charge in [0.05, 0.1) is 19.3 Å². The Bertz CT molecular complexity index is 485. The monoisotopic (exact) mass is 305 g/mol. The van der Waals surface area contributed by atoms with Crippen LogP contribution >= 0.6 is 0 Å². The molecule has 5 nitrogen and oxygen atoms in total. The molecule has 0 aromatic heterocycles. The van der Waals surface area contributed by atoms with E-state index in [9.17, 15) is 4.79 Å². The van der Waals surface area contributed by atoms with E-state index >= 15 is 0 Å². The van der Waals surface area contributed by atoms with E-state index in [-0.39, 0.29) is 5.91 Å². The first-order valence-electron chi connectivity index (χ1n) is 8.04. The lowest BCUT2D eigenvalue weighted by atomic mass is 10.2. The summed E-state index contributed by atoms with van der Waals surface area (Å²) in [5.74, 6) is 1.08. The van der Waals surface area contributed by atoms with Gasteiger partial charge in [-0.1, -0.05) is 19.1 Å². The molecular formula is C17H27N3O2. The molecule has 1 N–H and O–H groups in total. The van der Waals surface area contributed by atoms with Crippen molar-refractivity contribution in [2.75, 3.05) is 44.7 Å². The number of anilines is 1. The first kappa shape index (κ1) is 16.6. The van der Waals surface area contributed by atoms with Gasteiger partial charge in [0.1, 0.15) is 5.75 Å². The van der Waals surface area contributed by atoms with Crippen LogP contribution in [0.5, 0.6) is 5.75 Å². The number of hydrogen-bond donors (Lipinski definition) is 1. The Labute approximate surface area is 133 Å². The van der Waals surface area contributed by atoms with Crippen LogP contribution in [0.1, 0.15) is 20.3 Å². The highest BCUT2D eigenvalue weighted by atomic mass is 16.5. The number of nitrogens with one attached hydrogen (secondary N) is 1. The van der Waals surface area contributed by atoms with E-state index in [2.05, 4.69) is 30.1 Å². The van der Waals surface area contributed by atoms with Crippen LogP contribution in [0.2, 0.25) is 0 Å². The van der Waals surface area contributed by atoms with E-state index in [1.165, 1.54) is 0 Å². The van der Waals surface area contributed by atoms with Crippen molar-refractivity contribution < 1.29 is 9.53 Å². The lowest BCUT2D eigenvalue weighted by Gasteiger charge is -2.36.